The first kappa shape index (κ1) is 12.4. The first-order valence-corrected chi connectivity index (χ1v) is 6.26. The van der Waals surface area contributed by atoms with E-state index < -0.39 is 0 Å². The van der Waals surface area contributed by atoms with Crippen molar-refractivity contribution >= 4 is 11.9 Å². The maximum absolute atomic E-state index is 12.0. The summed E-state index contributed by atoms with van der Waals surface area (Å²) in [5, 5.41) is 0. The van der Waals surface area contributed by atoms with Crippen molar-refractivity contribution in [2.24, 2.45) is 17.8 Å². The lowest BCUT2D eigenvalue weighted by Gasteiger charge is -2.35. The number of fused-ring (bicyclic) bond motifs is 2. The minimum atomic E-state index is -0.365. The van der Waals surface area contributed by atoms with Gasteiger partial charge in [0.15, 0.2) is 0 Å². The van der Waals surface area contributed by atoms with Gasteiger partial charge in [0.05, 0.1) is 17.9 Å². The Balaban J connectivity index is 2.17. The molecule has 17 heavy (non-hydrogen) atoms. The van der Waals surface area contributed by atoms with Crippen LogP contribution >= 0.6 is 0 Å². The molecule has 2 fully saturated rings. The van der Waals surface area contributed by atoms with Crippen LogP contribution in [0.3, 0.4) is 0 Å². The smallest absolute Gasteiger partial charge is 0.310 e. The fraction of sp³-hybridized carbons (Fsp3) is 0.846. The summed E-state index contributed by atoms with van der Waals surface area (Å²) in [5.74, 6) is -0.993. The summed E-state index contributed by atoms with van der Waals surface area (Å²) in [7, 11) is 0. The highest BCUT2D eigenvalue weighted by molar-refractivity contribution is 5.84. The Morgan fingerprint density at radius 2 is 2.12 bits per heavy atom. The molecule has 1 aliphatic heterocycles. The van der Waals surface area contributed by atoms with Crippen molar-refractivity contribution < 1.29 is 19.1 Å². The molecule has 4 heteroatoms. The number of carbonyl (C=O) groups excluding carboxylic acids is 2. The topological polar surface area (TPSA) is 52.6 Å². The average molecular weight is 240 g/mol. The van der Waals surface area contributed by atoms with Crippen molar-refractivity contribution in [2.75, 3.05) is 0 Å². The van der Waals surface area contributed by atoms with Crippen molar-refractivity contribution in [3.8, 4) is 0 Å². The third-order valence-corrected chi connectivity index (χ3v) is 3.73. The van der Waals surface area contributed by atoms with Crippen LogP contribution in [0.15, 0.2) is 0 Å². The van der Waals surface area contributed by atoms with Gasteiger partial charge in [0.25, 0.3) is 0 Å². The Hall–Kier alpha value is -1.06. The fourth-order valence-corrected chi connectivity index (χ4v) is 3.22. The molecule has 0 N–H and O–H groups in total. The third kappa shape index (κ3) is 2.17. The summed E-state index contributed by atoms with van der Waals surface area (Å²) in [4.78, 5) is 23.8. The van der Waals surface area contributed by atoms with Gasteiger partial charge in [0.2, 0.25) is 0 Å². The van der Waals surface area contributed by atoms with Crippen LogP contribution in [0, 0.1) is 17.8 Å². The maximum atomic E-state index is 12.0. The Morgan fingerprint density at radius 3 is 2.71 bits per heavy atom. The lowest BCUT2D eigenvalue weighted by Crippen LogP contribution is -2.41. The highest BCUT2D eigenvalue weighted by Gasteiger charge is 2.56. The second-order valence-corrected chi connectivity index (χ2v) is 5.87. The van der Waals surface area contributed by atoms with E-state index in [0.29, 0.717) is 6.42 Å². The summed E-state index contributed by atoms with van der Waals surface area (Å²) in [6.07, 6.45) is 1.25. The molecule has 2 bridgehead atoms. The Kier molecular flexibility index (Phi) is 2.92. The molecule has 96 valence electrons. The monoisotopic (exact) mass is 240 g/mol. The van der Waals surface area contributed by atoms with E-state index in [1.54, 1.807) is 0 Å². The Bertz CT molecular complexity index is 349. The van der Waals surface area contributed by atoms with Crippen LogP contribution in [-0.4, -0.2) is 23.6 Å². The van der Waals surface area contributed by atoms with E-state index in [2.05, 4.69) is 0 Å². The normalized spacial score (nSPS) is 40.3. The zero-order chi connectivity index (χ0) is 12.8. The molecule has 0 amide bonds. The molecule has 1 aliphatic carbocycles. The minimum Gasteiger partial charge on any atom is -0.463 e. The molecule has 0 spiro atoms. The second kappa shape index (κ2) is 4.00. The summed E-state index contributed by atoms with van der Waals surface area (Å²) in [5.41, 5.74) is -0.365. The van der Waals surface area contributed by atoms with E-state index >= 15 is 0 Å². The predicted molar refractivity (Wildman–Crippen MR) is 61.1 cm³/mol. The van der Waals surface area contributed by atoms with Crippen LogP contribution in [0.5, 0.6) is 0 Å². The highest BCUT2D eigenvalue weighted by atomic mass is 16.6. The molecular weight excluding hydrogens is 220 g/mol. The van der Waals surface area contributed by atoms with Crippen molar-refractivity contribution in [1.29, 1.82) is 0 Å². The predicted octanol–water partition coefficient (Wildman–Crippen LogP) is 1.92. The number of carbonyl (C=O) groups is 2. The zero-order valence-electron chi connectivity index (χ0n) is 10.9. The Labute approximate surface area is 102 Å². The molecule has 4 nitrogen and oxygen atoms in total. The first-order chi connectivity index (χ1) is 7.82. The van der Waals surface area contributed by atoms with Crippen molar-refractivity contribution in [1.82, 2.24) is 0 Å². The van der Waals surface area contributed by atoms with Crippen LogP contribution in [0.4, 0.5) is 0 Å². The molecule has 2 aliphatic rings. The summed E-state index contributed by atoms with van der Waals surface area (Å²) >= 11 is 0. The molecule has 0 aromatic rings. The number of ether oxygens (including phenoxy) is 2. The third-order valence-electron chi connectivity index (χ3n) is 3.73. The summed E-state index contributed by atoms with van der Waals surface area (Å²) in [6, 6.07) is 0. The largest absolute Gasteiger partial charge is 0.463 e. The van der Waals surface area contributed by atoms with E-state index in [-0.39, 0.29) is 41.4 Å². The molecule has 1 saturated carbocycles. The number of rotatable bonds is 2. The number of hydrogen-bond acceptors (Lipinski definition) is 4. The number of hydrogen-bond donors (Lipinski definition) is 0. The van der Waals surface area contributed by atoms with E-state index in [1.165, 1.54) is 0 Å². The molecule has 0 aromatic heterocycles. The maximum Gasteiger partial charge on any atom is 0.310 e. The highest BCUT2D eigenvalue weighted by Crippen LogP contribution is 2.48. The zero-order valence-corrected chi connectivity index (χ0v) is 10.9. The quantitative estimate of drug-likeness (QED) is 0.692. The van der Waals surface area contributed by atoms with Crippen LogP contribution < -0.4 is 0 Å². The summed E-state index contributed by atoms with van der Waals surface area (Å²) < 4.78 is 10.6. The van der Waals surface area contributed by atoms with Gasteiger partial charge in [-0.2, -0.15) is 0 Å². The SMILES string of the molecule is CC(C)OC(=O)[C@H]1[C@H](C)C[C@@]2(C)C[C@@H]1C(=O)O2. The van der Waals surface area contributed by atoms with Crippen LogP contribution in [0.1, 0.15) is 40.5 Å². The van der Waals surface area contributed by atoms with Gasteiger partial charge in [0.1, 0.15) is 5.60 Å². The lowest BCUT2D eigenvalue weighted by atomic mass is 9.69. The van der Waals surface area contributed by atoms with Crippen LogP contribution in [0.25, 0.3) is 0 Å². The van der Waals surface area contributed by atoms with Gasteiger partial charge in [-0.1, -0.05) is 6.92 Å². The Morgan fingerprint density at radius 1 is 1.47 bits per heavy atom. The molecule has 2 rings (SSSR count). The molecule has 0 radical (unpaired) electrons. The lowest BCUT2D eigenvalue weighted by molar-refractivity contribution is -0.160. The molecule has 0 unspecified atom stereocenters. The van der Waals surface area contributed by atoms with Crippen LogP contribution in [0.2, 0.25) is 0 Å². The van der Waals surface area contributed by atoms with E-state index in [0.717, 1.165) is 6.42 Å². The van der Waals surface area contributed by atoms with Crippen molar-refractivity contribution in [3.05, 3.63) is 0 Å². The fourth-order valence-electron chi connectivity index (χ4n) is 3.22. The van der Waals surface area contributed by atoms with E-state index in [4.69, 9.17) is 9.47 Å². The molecule has 4 atom stereocenters. The van der Waals surface area contributed by atoms with Gasteiger partial charge < -0.3 is 9.47 Å². The van der Waals surface area contributed by atoms with Crippen molar-refractivity contribution in [3.63, 3.8) is 0 Å². The van der Waals surface area contributed by atoms with E-state index in [9.17, 15) is 9.59 Å². The van der Waals surface area contributed by atoms with Gasteiger partial charge in [0, 0.05) is 6.42 Å². The summed E-state index contributed by atoms with van der Waals surface area (Å²) in [6.45, 7) is 7.59. The van der Waals surface area contributed by atoms with Gasteiger partial charge in [-0.05, 0) is 33.1 Å². The molecule has 0 aromatic carbocycles. The minimum absolute atomic E-state index is 0.136. The van der Waals surface area contributed by atoms with E-state index in [1.807, 2.05) is 27.7 Å². The standard InChI is InChI=1S/C13H20O4/c1-7(2)16-12(15)10-8(3)5-13(4)6-9(10)11(14)17-13/h7-10H,5-6H2,1-4H3/t8-,9+,10+,13+/m1/s1. The second-order valence-electron chi connectivity index (χ2n) is 5.87. The molecular formula is C13H20O4. The van der Waals surface area contributed by atoms with Gasteiger partial charge in [-0.3, -0.25) is 9.59 Å². The van der Waals surface area contributed by atoms with Gasteiger partial charge in [-0.25, -0.2) is 0 Å². The van der Waals surface area contributed by atoms with Gasteiger partial charge >= 0.3 is 11.9 Å². The van der Waals surface area contributed by atoms with Crippen LogP contribution in [-0.2, 0) is 19.1 Å². The van der Waals surface area contributed by atoms with Crippen molar-refractivity contribution in [2.45, 2.75) is 52.2 Å². The number of esters is 2. The molecule has 1 heterocycles. The average Bonchev–Trinajstić information content (AvgIpc) is 2.35. The first-order valence-electron chi connectivity index (χ1n) is 6.26. The van der Waals surface area contributed by atoms with Gasteiger partial charge in [-0.15, -0.1) is 0 Å². The molecule has 1 saturated heterocycles.